The zero-order valence-corrected chi connectivity index (χ0v) is 8.65. The van der Waals surface area contributed by atoms with E-state index in [-0.39, 0.29) is 6.61 Å². The van der Waals surface area contributed by atoms with E-state index in [0.29, 0.717) is 31.2 Å². The van der Waals surface area contributed by atoms with Crippen LogP contribution in [0.2, 0.25) is 0 Å². The maximum absolute atomic E-state index is 11.0. The number of hydrogen-bond acceptors (Lipinski definition) is 4. The molecule has 1 rings (SSSR count). The van der Waals surface area contributed by atoms with E-state index in [1.807, 2.05) is 11.9 Å². The van der Waals surface area contributed by atoms with E-state index in [2.05, 4.69) is 0 Å². The van der Waals surface area contributed by atoms with Crippen LogP contribution in [0.3, 0.4) is 0 Å². The molecule has 0 heterocycles. The van der Waals surface area contributed by atoms with E-state index in [0.717, 1.165) is 12.8 Å². The topological polar surface area (TPSA) is 60.8 Å². The highest BCUT2D eigenvalue weighted by atomic mass is 16.3. The van der Waals surface area contributed by atoms with E-state index >= 15 is 0 Å². The molecule has 1 aliphatic rings. The molecule has 0 radical (unpaired) electrons. The highest BCUT2D eigenvalue weighted by Gasteiger charge is 2.23. The van der Waals surface area contributed by atoms with Crippen LogP contribution in [-0.2, 0) is 4.79 Å². The van der Waals surface area contributed by atoms with Gasteiger partial charge in [0.15, 0.2) is 0 Å². The Morgan fingerprint density at radius 3 is 2.57 bits per heavy atom. The minimum atomic E-state index is -0.669. The van der Waals surface area contributed by atoms with E-state index < -0.39 is 6.10 Å². The van der Waals surface area contributed by atoms with E-state index in [1.54, 1.807) is 0 Å². The summed E-state index contributed by atoms with van der Waals surface area (Å²) >= 11 is 0. The number of aliphatic hydroxyl groups is 2. The third-order valence-electron chi connectivity index (χ3n) is 2.85. The number of hydrogen-bond donors (Lipinski definition) is 2. The molecule has 1 saturated carbocycles. The second kappa shape index (κ2) is 5.44. The van der Waals surface area contributed by atoms with Gasteiger partial charge in [-0.15, -0.1) is 0 Å². The van der Waals surface area contributed by atoms with Gasteiger partial charge in [-0.05, 0) is 19.9 Å². The molecule has 0 aromatic heterocycles. The Morgan fingerprint density at radius 2 is 2.07 bits per heavy atom. The summed E-state index contributed by atoms with van der Waals surface area (Å²) in [6.07, 6.45) is 2.41. The van der Waals surface area contributed by atoms with Gasteiger partial charge in [0.2, 0.25) is 0 Å². The first-order chi connectivity index (χ1) is 6.63. The molecule has 1 atom stereocenters. The molecule has 4 nitrogen and oxygen atoms in total. The van der Waals surface area contributed by atoms with Gasteiger partial charge < -0.3 is 15.1 Å². The summed E-state index contributed by atoms with van der Waals surface area (Å²) < 4.78 is 0. The lowest BCUT2D eigenvalue weighted by Crippen LogP contribution is -2.40. The molecule has 0 aliphatic heterocycles. The SMILES string of the molecule is CN(CC(O)CO)C1CCC(=O)CC1. The van der Waals surface area contributed by atoms with Gasteiger partial charge in [0.1, 0.15) is 5.78 Å². The molecule has 1 unspecified atom stereocenters. The standard InChI is InChI=1S/C10H19NO3/c1-11(6-10(14)7-12)8-2-4-9(13)5-3-8/h8,10,12,14H,2-7H2,1H3. The first-order valence-corrected chi connectivity index (χ1v) is 5.14. The molecule has 0 bridgehead atoms. The van der Waals surface area contributed by atoms with Gasteiger partial charge in [0.25, 0.3) is 0 Å². The number of aliphatic hydroxyl groups excluding tert-OH is 2. The Balaban J connectivity index is 2.30. The molecule has 4 heteroatoms. The van der Waals surface area contributed by atoms with Crippen molar-refractivity contribution in [3.05, 3.63) is 0 Å². The first-order valence-electron chi connectivity index (χ1n) is 5.14. The Bertz CT molecular complexity index is 186. The summed E-state index contributed by atoms with van der Waals surface area (Å²) in [4.78, 5) is 13.0. The monoisotopic (exact) mass is 201 g/mol. The van der Waals surface area contributed by atoms with Gasteiger partial charge in [-0.1, -0.05) is 0 Å². The van der Waals surface area contributed by atoms with Crippen LogP contribution in [-0.4, -0.2) is 53.2 Å². The minimum absolute atomic E-state index is 0.198. The third-order valence-corrected chi connectivity index (χ3v) is 2.85. The van der Waals surface area contributed by atoms with Crippen molar-refractivity contribution in [3.8, 4) is 0 Å². The summed E-state index contributed by atoms with van der Waals surface area (Å²) in [7, 11) is 1.93. The Hall–Kier alpha value is -0.450. The molecule has 0 saturated heterocycles. The molecular weight excluding hydrogens is 182 g/mol. The maximum atomic E-state index is 11.0. The van der Waals surface area contributed by atoms with Crippen LogP contribution in [0.4, 0.5) is 0 Å². The number of carbonyl (C=O) groups excluding carboxylic acids is 1. The number of ketones is 1. The van der Waals surface area contributed by atoms with Crippen molar-refractivity contribution in [2.45, 2.75) is 37.8 Å². The lowest BCUT2D eigenvalue weighted by atomic mass is 9.93. The zero-order chi connectivity index (χ0) is 10.6. The molecule has 0 amide bonds. The molecule has 2 N–H and O–H groups in total. The van der Waals surface area contributed by atoms with Gasteiger partial charge in [0, 0.05) is 25.4 Å². The predicted molar refractivity (Wildman–Crippen MR) is 53.0 cm³/mol. The van der Waals surface area contributed by atoms with Gasteiger partial charge in [-0.2, -0.15) is 0 Å². The van der Waals surface area contributed by atoms with Crippen molar-refractivity contribution in [1.82, 2.24) is 4.90 Å². The molecule has 0 spiro atoms. The van der Waals surface area contributed by atoms with Crippen molar-refractivity contribution < 1.29 is 15.0 Å². The molecule has 0 aromatic carbocycles. The fraction of sp³-hybridized carbons (Fsp3) is 0.900. The number of Topliss-reactive ketones (excluding diaryl/α,β-unsaturated/α-hetero) is 1. The van der Waals surface area contributed by atoms with Gasteiger partial charge in [-0.25, -0.2) is 0 Å². The predicted octanol–water partition coefficient (Wildman–Crippen LogP) is -0.217. The van der Waals surface area contributed by atoms with Gasteiger partial charge >= 0.3 is 0 Å². The van der Waals surface area contributed by atoms with Crippen LogP contribution >= 0.6 is 0 Å². The summed E-state index contributed by atoms with van der Waals surface area (Å²) in [5.41, 5.74) is 0. The van der Waals surface area contributed by atoms with E-state index in [9.17, 15) is 9.90 Å². The molecule has 1 aliphatic carbocycles. The normalized spacial score (nSPS) is 21.6. The average molecular weight is 201 g/mol. The van der Waals surface area contributed by atoms with Crippen LogP contribution < -0.4 is 0 Å². The van der Waals surface area contributed by atoms with E-state index in [4.69, 9.17) is 5.11 Å². The highest BCUT2D eigenvalue weighted by Crippen LogP contribution is 2.19. The number of likely N-dealkylation sites (N-methyl/N-ethyl adjacent to an activating group) is 1. The van der Waals surface area contributed by atoms with Crippen molar-refractivity contribution in [2.24, 2.45) is 0 Å². The van der Waals surface area contributed by atoms with Crippen molar-refractivity contribution in [1.29, 1.82) is 0 Å². The van der Waals surface area contributed by atoms with Crippen LogP contribution in [0, 0.1) is 0 Å². The average Bonchev–Trinajstić information content (AvgIpc) is 2.18. The van der Waals surface area contributed by atoms with Gasteiger partial charge in [0.05, 0.1) is 12.7 Å². The third kappa shape index (κ3) is 3.36. The molecule has 1 fully saturated rings. The van der Waals surface area contributed by atoms with Crippen molar-refractivity contribution >= 4 is 5.78 Å². The van der Waals surface area contributed by atoms with Crippen LogP contribution in [0.1, 0.15) is 25.7 Å². The first kappa shape index (κ1) is 11.6. The quantitative estimate of drug-likeness (QED) is 0.660. The maximum Gasteiger partial charge on any atom is 0.133 e. The fourth-order valence-electron chi connectivity index (χ4n) is 1.90. The summed E-state index contributed by atoms with van der Waals surface area (Å²) in [6, 6.07) is 0.383. The summed E-state index contributed by atoms with van der Waals surface area (Å²) in [5, 5.41) is 17.9. The lowest BCUT2D eigenvalue weighted by Gasteiger charge is -2.31. The van der Waals surface area contributed by atoms with E-state index in [1.165, 1.54) is 0 Å². The Morgan fingerprint density at radius 1 is 1.50 bits per heavy atom. The molecule has 0 aromatic rings. The Kier molecular flexibility index (Phi) is 4.51. The van der Waals surface area contributed by atoms with Crippen LogP contribution in [0.25, 0.3) is 0 Å². The van der Waals surface area contributed by atoms with Crippen molar-refractivity contribution in [3.63, 3.8) is 0 Å². The highest BCUT2D eigenvalue weighted by molar-refractivity contribution is 5.79. The lowest BCUT2D eigenvalue weighted by molar-refractivity contribution is -0.121. The van der Waals surface area contributed by atoms with Crippen LogP contribution in [0.5, 0.6) is 0 Å². The second-order valence-corrected chi connectivity index (χ2v) is 4.05. The second-order valence-electron chi connectivity index (χ2n) is 4.05. The molecule has 82 valence electrons. The Labute approximate surface area is 84.5 Å². The minimum Gasteiger partial charge on any atom is -0.394 e. The number of nitrogens with zero attached hydrogens (tertiary/aromatic N) is 1. The van der Waals surface area contributed by atoms with Crippen LogP contribution in [0.15, 0.2) is 0 Å². The zero-order valence-electron chi connectivity index (χ0n) is 8.65. The summed E-state index contributed by atoms with van der Waals surface area (Å²) in [5.74, 6) is 0.345. The number of rotatable bonds is 4. The smallest absolute Gasteiger partial charge is 0.133 e. The number of carbonyl (C=O) groups is 1. The molecule has 14 heavy (non-hydrogen) atoms. The van der Waals surface area contributed by atoms with Gasteiger partial charge in [-0.3, -0.25) is 4.79 Å². The van der Waals surface area contributed by atoms with Crippen molar-refractivity contribution in [2.75, 3.05) is 20.2 Å². The summed E-state index contributed by atoms with van der Waals surface area (Å²) in [6.45, 7) is 0.283. The molecular formula is C10H19NO3. The fourth-order valence-corrected chi connectivity index (χ4v) is 1.90. The largest absolute Gasteiger partial charge is 0.394 e.